The van der Waals surface area contributed by atoms with Crippen LogP contribution in [-0.4, -0.2) is 129 Å². The molecular weight excluding hydrogens is 760 g/mol. The standard InChI is InChI=1S/C37H54N10O11/c1-19(42-32(53)25(43-28(51)18-38)10-7-15-41-37(39)40)31(52)44-26(16-22-8-5-4-6-9-22)33(54)45-27(17-23-11-13-24(50)14-12-23)34(55)46-29(20(2)48)35(56)47-30(21(3)49)36(57)58/h4-6,8-9,11-14,19-21,25-27,29-30,48-50H,7,10,15-18,38H2,1-3H3,(H,42,53)(H,43,51)(H,44,52)(H,45,54)(H,46,55)(H,47,56)(H,57,58)(H4,39,40,41)/t19-,20+,21+,25-,26-,27-,29-,30-/m0/s1. The number of carboxylic acid groups (broad SMARTS) is 1. The van der Waals surface area contributed by atoms with Crippen LogP contribution < -0.4 is 49.1 Å². The first-order chi connectivity index (χ1) is 27.3. The highest BCUT2D eigenvalue weighted by Crippen LogP contribution is 2.13. The van der Waals surface area contributed by atoms with Crippen molar-refractivity contribution in [3.05, 3.63) is 65.7 Å². The Kier molecular flexibility index (Phi) is 19.5. The molecule has 2 rings (SSSR count). The topological polar surface area (TPSA) is 363 Å². The summed E-state index contributed by atoms with van der Waals surface area (Å²) >= 11 is 0. The molecule has 8 atom stereocenters. The summed E-state index contributed by atoms with van der Waals surface area (Å²) in [6.07, 6.45) is -3.07. The number of amides is 6. The zero-order valence-electron chi connectivity index (χ0n) is 32.4. The van der Waals surface area contributed by atoms with Gasteiger partial charge in [-0.15, -0.1) is 0 Å². The van der Waals surface area contributed by atoms with Crippen molar-refractivity contribution < 1.29 is 54.0 Å². The Morgan fingerprint density at radius 3 is 1.66 bits per heavy atom. The molecule has 6 amide bonds. The molecule has 0 aliphatic carbocycles. The van der Waals surface area contributed by atoms with Crippen LogP contribution in [0.25, 0.3) is 0 Å². The molecule has 0 unspecified atom stereocenters. The van der Waals surface area contributed by atoms with E-state index >= 15 is 0 Å². The van der Waals surface area contributed by atoms with Gasteiger partial charge in [-0.3, -0.25) is 33.8 Å². The normalized spacial score (nSPS) is 15.0. The van der Waals surface area contributed by atoms with Crippen molar-refractivity contribution in [1.82, 2.24) is 31.9 Å². The number of rotatable bonds is 23. The molecule has 0 saturated carbocycles. The van der Waals surface area contributed by atoms with E-state index in [-0.39, 0.29) is 43.9 Å². The van der Waals surface area contributed by atoms with E-state index in [4.69, 9.17) is 17.2 Å². The summed E-state index contributed by atoms with van der Waals surface area (Å²) in [5, 5.41) is 54.0. The van der Waals surface area contributed by atoms with Crippen LogP contribution >= 0.6 is 0 Å². The molecule has 0 radical (unpaired) electrons. The summed E-state index contributed by atoms with van der Waals surface area (Å²) < 4.78 is 0. The molecule has 0 saturated heterocycles. The van der Waals surface area contributed by atoms with Crippen molar-refractivity contribution >= 4 is 47.4 Å². The van der Waals surface area contributed by atoms with Crippen LogP contribution in [0.2, 0.25) is 0 Å². The number of guanidine groups is 1. The number of carbonyl (C=O) groups excluding carboxylic acids is 6. The summed E-state index contributed by atoms with van der Waals surface area (Å²) in [5.74, 6) is -7.01. The number of aliphatic hydroxyl groups is 2. The lowest BCUT2D eigenvalue weighted by molar-refractivity contribution is -0.146. The Morgan fingerprint density at radius 1 is 0.638 bits per heavy atom. The number of aliphatic carboxylic acids is 1. The number of nitrogens with one attached hydrogen (secondary N) is 6. The monoisotopic (exact) mass is 814 g/mol. The Hall–Kier alpha value is -6.32. The van der Waals surface area contributed by atoms with Crippen LogP contribution in [0.4, 0.5) is 0 Å². The molecule has 0 bridgehead atoms. The predicted octanol–water partition coefficient (Wildman–Crippen LogP) is -4.04. The van der Waals surface area contributed by atoms with Crippen molar-refractivity contribution in [2.24, 2.45) is 22.2 Å². The second kappa shape index (κ2) is 23.7. The summed E-state index contributed by atoms with van der Waals surface area (Å²) in [6.45, 7) is 3.38. The SMILES string of the molecule is C[C@H](NC(=O)[C@H](CCCN=C(N)N)NC(=O)CN)C(=O)N[C@@H](Cc1ccccc1)C(=O)N[C@@H](Cc1ccc(O)cc1)C(=O)N[C@H](C(=O)N[C@H](C(=O)O)[C@@H](C)O)[C@@H](C)O. The third-order valence-electron chi connectivity index (χ3n) is 8.57. The number of benzene rings is 2. The summed E-state index contributed by atoms with van der Waals surface area (Å²) in [7, 11) is 0. The number of phenols is 1. The first-order valence-corrected chi connectivity index (χ1v) is 18.3. The second-order valence-corrected chi connectivity index (χ2v) is 13.5. The highest BCUT2D eigenvalue weighted by molar-refractivity contribution is 5.97. The maximum Gasteiger partial charge on any atom is 0.328 e. The summed E-state index contributed by atoms with van der Waals surface area (Å²) in [4.78, 5) is 95.2. The van der Waals surface area contributed by atoms with E-state index in [0.29, 0.717) is 11.1 Å². The Morgan fingerprint density at radius 2 is 1.14 bits per heavy atom. The number of phenolic OH excluding ortho intramolecular Hbond substituents is 1. The van der Waals surface area contributed by atoms with Gasteiger partial charge in [0.1, 0.15) is 36.0 Å². The number of aliphatic hydroxyl groups excluding tert-OH is 2. The molecule has 2 aromatic carbocycles. The van der Waals surface area contributed by atoms with Crippen LogP contribution in [0.1, 0.15) is 44.7 Å². The number of carboxylic acids is 1. The molecule has 58 heavy (non-hydrogen) atoms. The number of carbonyl (C=O) groups is 7. The van der Waals surface area contributed by atoms with Gasteiger partial charge in [-0.05, 0) is 56.9 Å². The number of hydrogen-bond donors (Lipinski definition) is 13. The van der Waals surface area contributed by atoms with Crippen LogP contribution in [0.5, 0.6) is 5.75 Å². The van der Waals surface area contributed by atoms with E-state index in [1.807, 2.05) is 0 Å². The molecular formula is C37H54N10O11. The smallest absolute Gasteiger partial charge is 0.328 e. The van der Waals surface area contributed by atoms with Crippen molar-refractivity contribution in [2.45, 2.75) is 94.9 Å². The third-order valence-corrected chi connectivity index (χ3v) is 8.57. The predicted molar refractivity (Wildman–Crippen MR) is 209 cm³/mol. The van der Waals surface area contributed by atoms with Gasteiger partial charge in [-0.25, -0.2) is 4.79 Å². The summed E-state index contributed by atoms with van der Waals surface area (Å²) in [6, 6.07) is 5.38. The first kappa shape index (κ1) is 47.8. The van der Waals surface area contributed by atoms with E-state index in [0.717, 1.165) is 13.8 Å². The average Bonchev–Trinajstić information content (AvgIpc) is 3.16. The highest BCUT2D eigenvalue weighted by atomic mass is 16.4. The number of aromatic hydroxyl groups is 1. The zero-order valence-corrected chi connectivity index (χ0v) is 32.4. The fraction of sp³-hybridized carbons (Fsp3) is 0.459. The van der Waals surface area contributed by atoms with E-state index in [9.17, 15) is 54.0 Å². The Balaban J connectivity index is 2.38. The lowest BCUT2D eigenvalue weighted by Gasteiger charge is -2.28. The van der Waals surface area contributed by atoms with Gasteiger partial charge in [0.2, 0.25) is 35.4 Å². The molecule has 0 heterocycles. The van der Waals surface area contributed by atoms with Crippen molar-refractivity contribution in [1.29, 1.82) is 0 Å². The van der Waals surface area contributed by atoms with Gasteiger partial charge >= 0.3 is 5.97 Å². The molecule has 16 N–H and O–H groups in total. The van der Waals surface area contributed by atoms with Gasteiger partial charge < -0.3 is 69.5 Å². The largest absolute Gasteiger partial charge is 0.508 e. The van der Waals surface area contributed by atoms with Crippen LogP contribution in [0, 0.1) is 0 Å². The van der Waals surface area contributed by atoms with Crippen molar-refractivity contribution in [2.75, 3.05) is 13.1 Å². The molecule has 0 aromatic heterocycles. The first-order valence-electron chi connectivity index (χ1n) is 18.3. The van der Waals surface area contributed by atoms with Crippen LogP contribution in [-0.2, 0) is 46.4 Å². The van der Waals surface area contributed by atoms with Gasteiger partial charge in [-0.2, -0.15) is 0 Å². The Labute approximate surface area is 334 Å². The minimum absolute atomic E-state index is 0.0865. The van der Waals surface area contributed by atoms with E-state index < -0.39 is 96.4 Å². The third kappa shape index (κ3) is 16.4. The second-order valence-electron chi connectivity index (χ2n) is 13.5. The van der Waals surface area contributed by atoms with Gasteiger partial charge in [-0.1, -0.05) is 42.5 Å². The van der Waals surface area contributed by atoms with E-state index in [1.54, 1.807) is 30.3 Å². The Bertz CT molecular complexity index is 1740. The van der Waals surface area contributed by atoms with Gasteiger partial charge in [0.25, 0.3) is 0 Å². The molecule has 318 valence electrons. The van der Waals surface area contributed by atoms with Crippen molar-refractivity contribution in [3.8, 4) is 5.75 Å². The molecule has 0 aliphatic heterocycles. The van der Waals surface area contributed by atoms with Gasteiger partial charge in [0.05, 0.1) is 18.8 Å². The number of aliphatic imine (C=N–C) groups is 1. The maximum atomic E-state index is 14.1. The van der Waals surface area contributed by atoms with Gasteiger partial charge in [0.15, 0.2) is 12.0 Å². The molecule has 21 heteroatoms. The quantitative estimate of drug-likeness (QED) is 0.0289. The fourth-order valence-corrected chi connectivity index (χ4v) is 5.40. The molecule has 0 fully saturated rings. The van der Waals surface area contributed by atoms with E-state index in [2.05, 4.69) is 36.9 Å². The number of nitrogens with two attached hydrogens (primary N) is 3. The number of hydrogen-bond acceptors (Lipinski definition) is 12. The lowest BCUT2D eigenvalue weighted by atomic mass is 10.0. The molecule has 0 aliphatic rings. The van der Waals surface area contributed by atoms with E-state index in [1.165, 1.54) is 31.2 Å². The lowest BCUT2D eigenvalue weighted by Crippen LogP contribution is -2.62. The minimum atomic E-state index is -1.78. The maximum absolute atomic E-state index is 14.1. The molecule has 2 aromatic rings. The zero-order chi connectivity index (χ0) is 43.5. The average molecular weight is 815 g/mol. The number of nitrogens with zero attached hydrogens (tertiary/aromatic N) is 1. The fourth-order valence-electron chi connectivity index (χ4n) is 5.40. The van der Waals surface area contributed by atoms with Crippen molar-refractivity contribution in [3.63, 3.8) is 0 Å². The summed E-state index contributed by atoms with van der Waals surface area (Å²) in [5.41, 5.74) is 17.1. The molecule has 21 nitrogen and oxygen atoms in total. The minimum Gasteiger partial charge on any atom is -0.508 e. The van der Waals surface area contributed by atoms with Crippen LogP contribution in [0.3, 0.4) is 0 Å². The molecule has 0 spiro atoms. The van der Waals surface area contributed by atoms with Gasteiger partial charge in [0, 0.05) is 19.4 Å². The van der Waals surface area contributed by atoms with Crippen LogP contribution in [0.15, 0.2) is 59.6 Å². The highest BCUT2D eigenvalue weighted by Gasteiger charge is 2.35.